The zero-order chi connectivity index (χ0) is 25.3. The van der Waals surface area contributed by atoms with Crippen LogP contribution in [0.3, 0.4) is 0 Å². The lowest BCUT2D eigenvalue weighted by Crippen LogP contribution is -2.40. The van der Waals surface area contributed by atoms with Crippen LogP contribution in [0.1, 0.15) is 68.1 Å². The SMILES string of the molecule is CCn1nnc2c(C)c(C(CC(=O)OC)c3ccc4c(n3)CN(C(=O)OC(C)(C)C)CC4)ccc21. The Morgan fingerprint density at radius 3 is 2.63 bits per heavy atom. The molecule has 1 aliphatic rings. The number of amides is 1. The van der Waals surface area contributed by atoms with E-state index in [0.29, 0.717) is 19.5 Å². The molecule has 0 spiro atoms. The Bertz CT molecular complexity index is 1260. The monoisotopic (exact) mass is 479 g/mol. The van der Waals surface area contributed by atoms with Gasteiger partial charge in [0.15, 0.2) is 0 Å². The molecular formula is C26H33N5O4. The Morgan fingerprint density at radius 1 is 1.17 bits per heavy atom. The van der Waals surface area contributed by atoms with Gasteiger partial charge in [0.25, 0.3) is 0 Å². The van der Waals surface area contributed by atoms with Gasteiger partial charge in [-0.05, 0) is 69.9 Å². The average molecular weight is 480 g/mol. The summed E-state index contributed by atoms with van der Waals surface area (Å²) in [6.45, 7) is 11.3. The number of aromatic nitrogens is 4. The number of aryl methyl sites for hydroxylation is 2. The molecule has 0 saturated heterocycles. The minimum Gasteiger partial charge on any atom is -0.469 e. The Kier molecular flexibility index (Phi) is 6.78. The standard InChI is InChI=1S/C26H33N5O4/c1-7-31-22-11-9-18(16(2)24(22)28-29-31)19(14-23(32)34-6)20-10-8-17-12-13-30(15-21(17)27-20)25(33)35-26(3,4)5/h8-11,19H,7,12-15H2,1-6H3. The number of carbonyl (C=O) groups is 2. The lowest BCUT2D eigenvalue weighted by atomic mass is 9.87. The summed E-state index contributed by atoms with van der Waals surface area (Å²) in [4.78, 5) is 31.7. The summed E-state index contributed by atoms with van der Waals surface area (Å²) >= 11 is 0. The van der Waals surface area contributed by atoms with E-state index in [9.17, 15) is 9.59 Å². The van der Waals surface area contributed by atoms with Crippen molar-refractivity contribution in [2.75, 3.05) is 13.7 Å². The lowest BCUT2D eigenvalue weighted by molar-refractivity contribution is -0.140. The molecule has 0 radical (unpaired) electrons. The van der Waals surface area contributed by atoms with Crippen LogP contribution in [-0.2, 0) is 33.8 Å². The molecule has 1 unspecified atom stereocenters. The topological polar surface area (TPSA) is 99.4 Å². The predicted molar refractivity (Wildman–Crippen MR) is 131 cm³/mol. The van der Waals surface area contributed by atoms with Gasteiger partial charge in [0, 0.05) is 24.7 Å². The fourth-order valence-corrected chi connectivity index (χ4v) is 4.52. The van der Waals surface area contributed by atoms with Crippen molar-refractivity contribution in [1.82, 2.24) is 24.9 Å². The quantitative estimate of drug-likeness (QED) is 0.507. The number of ether oxygens (including phenoxy) is 2. The number of methoxy groups -OCH3 is 1. The highest BCUT2D eigenvalue weighted by Crippen LogP contribution is 2.34. The molecular weight excluding hydrogens is 446 g/mol. The van der Waals surface area contributed by atoms with E-state index in [1.165, 1.54) is 7.11 Å². The van der Waals surface area contributed by atoms with Crippen molar-refractivity contribution >= 4 is 23.1 Å². The molecule has 186 valence electrons. The van der Waals surface area contributed by atoms with Gasteiger partial charge in [-0.2, -0.15) is 0 Å². The van der Waals surface area contributed by atoms with Crippen LogP contribution in [0.2, 0.25) is 0 Å². The van der Waals surface area contributed by atoms with Crippen LogP contribution in [0.5, 0.6) is 0 Å². The van der Waals surface area contributed by atoms with E-state index in [1.54, 1.807) is 4.90 Å². The molecule has 0 saturated carbocycles. The maximum Gasteiger partial charge on any atom is 0.410 e. The highest BCUT2D eigenvalue weighted by atomic mass is 16.6. The van der Waals surface area contributed by atoms with Crippen molar-refractivity contribution in [3.05, 3.63) is 52.3 Å². The number of esters is 1. The number of hydrogen-bond donors (Lipinski definition) is 0. The Hall–Kier alpha value is -3.49. The summed E-state index contributed by atoms with van der Waals surface area (Å²) in [5.74, 6) is -0.637. The number of benzene rings is 1. The van der Waals surface area contributed by atoms with Crippen LogP contribution < -0.4 is 0 Å². The molecule has 9 heteroatoms. The van der Waals surface area contributed by atoms with E-state index in [2.05, 4.69) is 16.4 Å². The van der Waals surface area contributed by atoms with Crippen LogP contribution in [0.25, 0.3) is 11.0 Å². The zero-order valence-electron chi connectivity index (χ0n) is 21.3. The molecule has 0 bridgehead atoms. The number of fused-ring (bicyclic) bond motifs is 2. The van der Waals surface area contributed by atoms with E-state index >= 15 is 0 Å². The van der Waals surface area contributed by atoms with Gasteiger partial charge in [-0.3, -0.25) is 9.78 Å². The Morgan fingerprint density at radius 2 is 1.94 bits per heavy atom. The van der Waals surface area contributed by atoms with Gasteiger partial charge in [0.1, 0.15) is 11.1 Å². The third-order valence-electron chi connectivity index (χ3n) is 6.35. The normalized spacial score (nSPS) is 14.5. The second kappa shape index (κ2) is 9.64. The number of rotatable bonds is 5. The third-order valence-corrected chi connectivity index (χ3v) is 6.35. The van der Waals surface area contributed by atoms with E-state index in [1.807, 2.05) is 57.5 Å². The number of pyridine rings is 1. The van der Waals surface area contributed by atoms with Gasteiger partial charge in [0.05, 0.1) is 31.3 Å². The van der Waals surface area contributed by atoms with Crippen molar-refractivity contribution < 1.29 is 19.1 Å². The summed E-state index contributed by atoms with van der Waals surface area (Å²) in [5, 5.41) is 8.61. The summed E-state index contributed by atoms with van der Waals surface area (Å²) in [6.07, 6.45) is 0.503. The second-order valence-corrected chi connectivity index (χ2v) is 9.88. The van der Waals surface area contributed by atoms with Crippen LogP contribution >= 0.6 is 0 Å². The molecule has 9 nitrogen and oxygen atoms in total. The molecule has 2 aromatic heterocycles. The maximum atomic E-state index is 12.6. The Labute approximate surface area is 205 Å². The molecule has 4 rings (SSSR count). The zero-order valence-corrected chi connectivity index (χ0v) is 21.3. The fraction of sp³-hybridized carbons (Fsp3) is 0.500. The summed E-state index contributed by atoms with van der Waals surface area (Å²) in [5.41, 5.74) is 5.81. The van der Waals surface area contributed by atoms with Gasteiger partial charge in [-0.25, -0.2) is 9.48 Å². The van der Waals surface area contributed by atoms with E-state index in [4.69, 9.17) is 14.5 Å². The molecule has 0 N–H and O–H groups in total. The van der Waals surface area contributed by atoms with Gasteiger partial charge < -0.3 is 14.4 Å². The van der Waals surface area contributed by atoms with Crippen LogP contribution in [0.4, 0.5) is 4.79 Å². The first-order valence-electron chi connectivity index (χ1n) is 12.0. The number of carbonyl (C=O) groups excluding carboxylic acids is 2. The van der Waals surface area contributed by atoms with Crippen LogP contribution in [-0.4, -0.2) is 56.2 Å². The minimum atomic E-state index is -0.561. The average Bonchev–Trinajstić information content (AvgIpc) is 3.25. The van der Waals surface area contributed by atoms with Gasteiger partial charge >= 0.3 is 12.1 Å². The third kappa shape index (κ3) is 5.13. The minimum absolute atomic E-state index is 0.145. The van der Waals surface area contributed by atoms with Crippen molar-refractivity contribution in [3.8, 4) is 0 Å². The molecule has 3 aromatic rings. The van der Waals surface area contributed by atoms with Crippen molar-refractivity contribution in [3.63, 3.8) is 0 Å². The first-order valence-corrected chi connectivity index (χ1v) is 12.0. The molecule has 1 amide bonds. The molecule has 1 aliphatic heterocycles. The molecule has 0 fully saturated rings. The van der Waals surface area contributed by atoms with Crippen LogP contribution in [0, 0.1) is 6.92 Å². The molecule has 1 aromatic carbocycles. The number of nitrogens with zero attached hydrogens (tertiary/aromatic N) is 5. The van der Waals surface area contributed by atoms with E-state index in [0.717, 1.165) is 45.7 Å². The van der Waals surface area contributed by atoms with E-state index in [-0.39, 0.29) is 24.4 Å². The van der Waals surface area contributed by atoms with E-state index < -0.39 is 5.60 Å². The first kappa shape index (κ1) is 24.6. The van der Waals surface area contributed by atoms with Crippen molar-refractivity contribution in [2.24, 2.45) is 0 Å². The highest BCUT2D eigenvalue weighted by molar-refractivity contribution is 5.80. The molecule has 35 heavy (non-hydrogen) atoms. The highest BCUT2D eigenvalue weighted by Gasteiger charge is 2.29. The Balaban J connectivity index is 1.71. The molecule has 3 heterocycles. The smallest absolute Gasteiger partial charge is 0.410 e. The van der Waals surface area contributed by atoms with Gasteiger partial charge in [0.2, 0.25) is 0 Å². The molecule has 0 aliphatic carbocycles. The second-order valence-electron chi connectivity index (χ2n) is 9.88. The first-order chi connectivity index (χ1) is 16.6. The largest absolute Gasteiger partial charge is 0.469 e. The summed E-state index contributed by atoms with van der Waals surface area (Å²) in [7, 11) is 1.39. The summed E-state index contributed by atoms with van der Waals surface area (Å²) < 4.78 is 12.4. The maximum absolute atomic E-state index is 12.6. The number of hydrogen-bond acceptors (Lipinski definition) is 7. The van der Waals surface area contributed by atoms with Crippen molar-refractivity contribution in [1.29, 1.82) is 0 Å². The fourth-order valence-electron chi connectivity index (χ4n) is 4.52. The van der Waals surface area contributed by atoms with Gasteiger partial charge in [-0.15, -0.1) is 5.10 Å². The van der Waals surface area contributed by atoms with Crippen LogP contribution in [0.15, 0.2) is 24.3 Å². The van der Waals surface area contributed by atoms with Crippen molar-refractivity contribution in [2.45, 2.75) is 72.1 Å². The molecule has 1 atom stereocenters. The summed E-state index contributed by atoms with van der Waals surface area (Å²) in [6, 6.07) is 8.04. The predicted octanol–water partition coefficient (Wildman–Crippen LogP) is 4.14. The van der Waals surface area contributed by atoms with Gasteiger partial charge in [-0.1, -0.05) is 17.3 Å². The lowest BCUT2D eigenvalue weighted by Gasteiger charge is -2.31.